The Morgan fingerprint density at radius 2 is 1.71 bits per heavy atom. The number of aryl methyl sites for hydroxylation is 1. The number of rotatable bonds is 9. The van der Waals surface area contributed by atoms with Crippen LogP contribution >= 0.6 is 11.6 Å². The number of carbonyl (C=O) groups excluding carboxylic acids is 2. The van der Waals surface area contributed by atoms with E-state index in [0.717, 1.165) is 17.5 Å². The molecule has 31 heavy (non-hydrogen) atoms. The second-order valence-electron chi connectivity index (χ2n) is 9.03. The maximum absolute atomic E-state index is 13.2. The second-order valence-corrected chi connectivity index (χ2v) is 9.43. The van der Waals surface area contributed by atoms with Gasteiger partial charge in [-0.2, -0.15) is 0 Å². The second kappa shape index (κ2) is 11.3. The summed E-state index contributed by atoms with van der Waals surface area (Å²) in [5.41, 5.74) is 3.31. The fraction of sp³-hybridized carbons (Fsp3) is 0.462. The van der Waals surface area contributed by atoms with Crippen molar-refractivity contribution in [2.75, 3.05) is 6.54 Å². The lowest BCUT2D eigenvalue weighted by Gasteiger charge is -2.29. The van der Waals surface area contributed by atoms with Crippen molar-refractivity contribution in [3.05, 3.63) is 70.2 Å². The van der Waals surface area contributed by atoms with E-state index in [1.54, 1.807) is 17.9 Å². The first-order valence-corrected chi connectivity index (χ1v) is 11.4. The van der Waals surface area contributed by atoms with Crippen LogP contribution in [0.15, 0.2) is 48.5 Å². The van der Waals surface area contributed by atoms with Gasteiger partial charge in [-0.3, -0.25) is 9.59 Å². The molecule has 1 atom stereocenters. The lowest BCUT2D eigenvalue weighted by Crippen LogP contribution is -2.47. The molecule has 1 N–H and O–H groups in total. The van der Waals surface area contributed by atoms with Gasteiger partial charge in [-0.1, -0.05) is 81.8 Å². The molecule has 0 saturated heterocycles. The smallest absolute Gasteiger partial charge is 0.242 e. The summed E-state index contributed by atoms with van der Waals surface area (Å²) in [5, 5.41) is 3.49. The predicted molar refractivity (Wildman–Crippen MR) is 128 cm³/mol. The van der Waals surface area contributed by atoms with E-state index in [4.69, 9.17) is 11.6 Å². The fourth-order valence-corrected chi connectivity index (χ4v) is 3.55. The highest BCUT2D eigenvalue weighted by Gasteiger charge is 2.26. The molecular weight excluding hydrogens is 408 g/mol. The molecule has 0 heterocycles. The van der Waals surface area contributed by atoms with E-state index in [0.29, 0.717) is 31.0 Å². The van der Waals surface area contributed by atoms with E-state index >= 15 is 0 Å². The maximum Gasteiger partial charge on any atom is 0.242 e. The third-order valence-electron chi connectivity index (χ3n) is 5.46. The molecule has 0 aliphatic carbocycles. The molecule has 0 bridgehead atoms. The van der Waals surface area contributed by atoms with E-state index in [1.807, 2.05) is 25.1 Å². The summed E-state index contributed by atoms with van der Waals surface area (Å²) in [6, 6.07) is 15.3. The zero-order valence-electron chi connectivity index (χ0n) is 19.4. The Balaban J connectivity index is 2.13. The molecule has 0 aliphatic heterocycles. The molecule has 2 amide bonds. The molecule has 4 nitrogen and oxygen atoms in total. The molecule has 5 heteroatoms. The van der Waals surface area contributed by atoms with Gasteiger partial charge in [-0.05, 0) is 47.9 Å². The van der Waals surface area contributed by atoms with Gasteiger partial charge >= 0.3 is 0 Å². The van der Waals surface area contributed by atoms with Gasteiger partial charge in [0.2, 0.25) is 11.8 Å². The molecule has 0 fully saturated rings. The first-order chi connectivity index (χ1) is 14.6. The highest BCUT2D eigenvalue weighted by atomic mass is 35.5. The van der Waals surface area contributed by atoms with Gasteiger partial charge in [0.15, 0.2) is 0 Å². The molecule has 0 spiro atoms. The number of nitrogens with zero attached hydrogens (tertiary/aromatic N) is 1. The minimum Gasteiger partial charge on any atom is -0.354 e. The molecule has 2 aromatic carbocycles. The van der Waals surface area contributed by atoms with E-state index in [9.17, 15) is 9.59 Å². The minimum atomic E-state index is -0.571. The van der Waals surface area contributed by atoms with Crippen molar-refractivity contribution in [2.45, 2.75) is 71.9 Å². The number of hydrogen-bond acceptors (Lipinski definition) is 2. The molecule has 2 rings (SSSR count). The van der Waals surface area contributed by atoms with Crippen LogP contribution in [0.5, 0.6) is 0 Å². The van der Waals surface area contributed by atoms with Crippen LogP contribution in [0.2, 0.25) is 5.02 Å². The van der Waals surface area contributed by atoms with Crippen molar-refractivity contribution in [2.24, 2.45) is 0 Å². The van der Waals surface area contributed by atoms with E-state index < -0.39 is 6.04 Å². The van der Waals surface area contributed by atoms with Gasteiger partial charge < -0.3 is 10.2 Å². The van der Waals surface area contributed by atoms with Crippen LogP contribution in [-0.4, -0.2) is 29.3 Å². The standard InChI is InChI=1S/C26H35ClN2O2/c1-6-17-28-25(31)19(2)29(18-21-9-7-8-10-23(21)27)24(30)16-13-20-11-14-22(15-12-20)26(3,4)5/h7-12,14-15,19H,6,13,16-18H2,1-5H3,(H,28,31). The number of benzene rings is 2. The third-order valence-corrected chi connectivity index (χ3v) is 5.83. The minimum absolute atomic E-state index is 0.0565. The number of carbonyl (C=O) groups is 2. The highest BCUT2D eigenvalue weighted by molar-refractivity contribution is 6.31. The van der Waals surface area contributed by atoms with Crippen molar-refractivity contribution >= 4 is 23.4 Å². The first-order valence-electron chi connectivity index (χ1n) is 11.0. The Hall–Kier alpha value is -2.33. The molecule has 0 aromatic heterocycles. The predicted octanol–water partition coefficient (Wildman–Crippen LogP) is 5.51. The Kier molecular flexibility index (Phi) is 9.12. The first kappa shape index (κ1) is 24.9. The summed E-state index contributed by atoms with van der Waals surface area (Å²) >= 11 is 6.33. The van der Waals surface area contributed by atoms with E-state index in [-0.39, 0.29) is 17.2 Å². The Labute approximate surface area is 192 Å². The van der Waals surface area contributed by atoms with E-state index in [2.05, 4.69) is 50.4 Å². The average Bonchev–Trinajstić information content (AvgIpc) is 2.74. The SMILES string of the molecule is CCCNC(=O)C(C)N(Cc1ccccc1Cl)C(=O)CCc1ccc(C(C)(C)C)cc1. The van der Waals surface area contributed by atoms with Crippen molar-refractivity contribution in [3.63, 3.8) is 0 Å². The van der Waals surface area contributed by atoms with Gasteiger partial charge in [0.05, 0.1) is 0 Å². The van der Waals surface area contributed by atoms with Crippen molar-refractivity contribution in [1.82, 2.24) is 10.2 Å². The largest absolute Gasteiger partial charge is 0.354 e. The molecule has 0 aliphatic rings. The van der Waals surface area contributed by atoms with Crippen LogP contribution in [0.1, 0.15) is 64.2 Å². The summed E-state index contributed by atoms with van der Waals surface area (Å²) in [7, 11) is 0. The summed E-state index contributed by atoms with van der Waals surface area (Å²) in [4.78, 5) is 27.4. The zero-order valence-corrected chi connectivity index (χ0v) is 20.1. The molecule has 168 valence electrons. The van der Waals surface area contributed by atoms with Crippen LogP contribution in [-0.2, 0) is 28.0 Å². The quantitative estimate of drug-likeness (QED) is 0.556. The van der Waals surface area contributed by atoms with Gasteiger partial charge in [-0.25, -0.2) is 0 Å². The Morgan fingerprint density at radius 1 is 1.06 bits per heavy atom. The number of amides is 2. The summed E-state index contributed by atoms with van der Waals surface area (Å²) in [6.07, 6.45) is 1.82. The number of nitrogens with one attached hydrogen (secondary N) is 1. The number of halogens is 1. The van der Waals surface area contributed by atoms with Gasteiger partial charge in [-0.15, -0.1) is 0 Å². The Bertz CT molecular complexity index is 872. The van der Waals surface area contributed by atoms with Gasteiger partial charge in [0.1, 0.15) is 6.04 Å². The normalized spacial score (nSPS) is 12.3. The lowest BCUT2D eigenvalue weighted by molar-refractivity contribution is -0.140. The molecule has 0 saturated carbocycles. The lowest BCUT2D eigenvalue weighted by atomic mass is 9.86. The molecule has 0 radical (unpaired) electrons. The van der Waals surface area contributed by atoms with Gasteiger partial charge in [0, 0.05) is 24.5 Å². The van der Waals surface area contributed by atoms with Crippen LogP contribution in [0.4, 0.5) is 0 Å². The van der Waals surface area contributed by atoms with Crippen LogP contribution in [0, 0.1) is 0 Å². The van der Waals surface area contributed by atoms with Crippen LogP contribution in [0.3, 0.4) is 0 Å². The summed E-state index contributed by atoms with van der Waals surface area (Å²) < 4.78 is 0. The summed E-state index contributed by atoms with van der Waals surface area (Å²) in [6.45, 7) is 11.2. The molecular formula is C26H35ClN2O2. The third kappa shape index (κ3) is 7.39. The van der Waals surface area contributed by atoms with Crippen molar-refractivity contribution in [3.8, 4) is 0 Å². The van der Waals surface area contributed by atoms with Gasteiger partial charge in [0.25, 0.3) is 0 Å². The summed E-state index contributed by atoms with van der Waals surface area (Å²) in [5.74, 6) is -0.198. The number of hydrogen-bond donors (Lipinski definition) is 1. The maximum atomic E-state index is 13.2. The van der Waals surface area contributed by atoms with Crippen LogP contribution in [0.25, 0.3) is 0 Å². The van der Waals surface area contributed by atoms with Crippen LogP contribution < -0.4 is 5.32 Å². The topological polar surface area (TPSA) is 49.4 Å². The average molecular weight is 443 g/mol. The van der Waals surface area contributed by atoms with E-state index in [1.165, 1.54) is 5.56 Å². The van der Waals surface area contributed by atoms with Crippen molar-refractivity contribution in [1.29, 1.82) is 0 Å². The van der Waals surface area contributed by atoms with Crippen molar-refractivity contribution < 1.29 is 9.59 Å². The fourth-order valence-electron chi connectivity index (χ4n) is 3.35. The molecule has 1 unspecified atom stereocenters. The Morgan fingerprint density at radius 3 is 2.29 bits per heavy atom. The highest BCUT2D eigenvalue weighted by Crippen LogP contribution is 2.23. The monoisotopic (exact) mass is 442 g/mol. The molecule has 2 aromatic rings. The zero-order chi connectivity index (χ0) is 23.0.